The highest BCUT2D eigenvalue weighted by atomic mass is 16.6. The van der Waals surface area contributed by atoms with Gasteiger partial charge in [0.2, 0.25) is 0 Å². The molecule has 90 valence electrons. The maximum Gasteiger partial charge on any atom is 0.103 e. The van der Waals surface area contributed by atoms with E-state index in [4.69, 9.17) is 4.74 Å². The highest BCUT2D eigenvalue weighted by molar-refractivity contribution is 5.50. The Bertz CT molecular complexity index is 376. The highest BCUT2D eigenvalue weighted by Crippen LogP contribution is 2.39. The van der Waals surface area contributed by atoms with Gasteiger partial charge < -0.3 is 4.74 Å². The van der Waals surface area contributed by atoms with E-state index in [1.807, 2.05) is 0 Å². The minimum absolute atomic E-state index is 0.387. The largest absolute Gasteiger partial charge is 0.365 e. The first-order valence-corrected chi connectivity index (χ1v) is 6.82. The van der Waals surface area contributed by atoms with Crippen molar-refractivity contribution in [1.29, 1.82) is 0 Å². The molecule has 0 N–H and O–H groups in total. The Morgan fingerprint density at radius 2 is 1.76 bits per heavy atom. The molecule has 1 aliphatic heterocycles. The zero-order chi connectivity index (χ0) is 11.5. The molecule has 2 aliphatic rings. The second-order valence-corrected chi connectivity index (χ2v) is 5.23. The minimum atomic E-state index is 0.387. The van der Waals surface area contributed by atoms with Gasteiger partial charge in [0.25, 0.3) is 0 Å². The fourth-order valence-corrected chi connectivity index (χ4v) is 2.90. The van der Waals surface area contributed by atoms with Crippen LogP contribution in [0, 0.1) is 5.92 Å². The second kappa shape index (κ2) is 5.05. The zero-order valence-electron chi connectivity index (χ0n) is 10.2. The molecule has 1 aromatic carbocycles. The van der Waals surface area contributed by atoms with Crippen molar-refractivity contribution >= 4 is 6.08 Å². The quantitative estimate of drug-likeness (QED) is 0.711. The average Bonchev–Trinajstić information content (AvgIpc) is 3.18. The number of hydrogen-bond acceptors (Lipinski definition) is 1. The van der Waals surface area contributed by atoms with E-state index < -0.39 is 0 Å². The lowest BCUT2D eigenvalue weighted by Crippen LogP contribution is -2.13. The SMILES string of the molecule is C(=C\[C@H]1O[C@@H]1C1CCCCC1)/c1ccccc1. The van der Waals surface area contributed by atoms with Crippen LogP contribution >= 0.6 is 0 Å². The van der Waals surface area contributed by atoms with Gasteiger partial charge in [0.1, 0.15) is 6.10 Å². The van der Waals surface area contributed by atoms with Crippen LogP contribution in [0.1, 0.15) is 37.7 Å². The highest BCUT2D eigenvalue weighted by Gasteiger charge is 2.42. The van der Waals surface area contributed by atoms with E-state index in [9.17, 15) is 0 Å². The molecule has 1 aliphatic carbocycles. The summed E-state index contributed by atoms with van der Waals surface area (Å²) in [7, 11) is 0. The van der Waals surface area contributed by atoms with Gasteiger partial charge in [-0.15, -0.1) is 0 Å². The van der Waals surface area contributed by atoms with Gasteiger partial charge >= 0.3 is 0 Å². The lowest BCUT2D eigenvalue weighted by molar-refractivity contribution is 0.264. The van der Waals surface area contributed by atoms with Crippen LogP contribution < -0.4 is 0 Å². The fraction of sp³-hybridized carbons (Fsp3) is 0.500. The molecule has 0 amide bonds. The fourth-order valence-electron chi connectivity index (χ4n) is 2.90. The van der Waals surface area contributed by atoms with Crippen LogP contribution in [0.5, 0.6) is 0 Å². The Morgan fingerprint density at radius 1 is 1.00 bits per heavy atom. The molecule has 1 aromatic rings. The van der Waals surface area contributed by atoms with Gasteiger partial charge in [-0.3, -0.25) is 0 Å². The predicted molar refractivity (Wildman–Crippen MR) is 70.7 cm³/mol. The summed E-state index contributed by atoms with van der Waals surface area (Å²) in [5.74, 6) is 0.828. The van der Waals surface area contributed by atoms with Crippen LogP contribution in [-0.2, 0) is 4.74 Å². The molecule has 1 heteroatoms. The van der Waals surface area contributed by atoms with Crippen molar-refractivity contribution in [2.45, 2.75) is 44.3 Å². The minimum Gasteiger partial charge on any atom is -0.365 e. The van der Waals surface area contributed by atoms with Crippen molar-refractivity contribution in [3.63, 3.8) is 0 Å². The van der Waals surface area contributed by atoms with Crippen molar-refractivity contribution in [3.8, 4) is 0 Å². The third kappa shape index (κ3) is 2.78. The van der Waals surface area contributed by atoms with Crippen molar-refractivity contribution in [3.05, 3.63) is 42.0 Å². The number of epoxide rings is 1. The first kappa shape index (κ1) is 11.0. The van der Waals surface area contributed by atoms with Crippen LogP contribution in [0.4, 0.5) is 0 Å². The van der Waals surface area contributed by atoms with Crippen LogP contribution in [-0.4, -0.2) is 12.2 Å². The summed E-state index contributed by atoms with van der Waals surface area (Å²) in [5, 5.41) is 0. The van der Waals surface area contributed by atoms with Crippen molar-refractivity contribution in [2.75, 3.05) is 0 Å². The molecule has 1 saturated carbocycles. The summed E-state index contributed by atoms with van der Waals surface area (Å²) in [6.07, 6.45) is 12.3. The van der Waals surface area contributed by atoms with Gasteiger partial charge in [0.15, 0.2) is 0 Å². The van der Waals surface area contributed by atoms with Crippen LogP contribution in [0.15, 0.2) is 36.4 Å². The van der Waals surface area contributed by atoms with Crippen LogP contribution in [0.2, 0.25) is 0 Å². The van der Waals surface area contributed by atoms with Crippen LogP contribution in [0.25, 0.3) is 6.08 Å². The molecular weight excluding hydrogens is 208 g/mol. The molecular formula is C16H20O. The van der Waals surface area contributed by atoms with Gasteiger partial charge in [-0.05, 0) is 24.3 Å². The summed E-state index contributed by atoms with van der Waals surface area (Å²) in [6.45, 7) is 0. The van der Waals surface area contributed by atoms with E-state index in [2.05, 4.69) is 42.5 Å². The average molecular weight is 228 g/mol. The summed E-state index contributed by atoms with van der Waals surface area (Å²) < 4.78 is 5.79. The summed E-state index contributed by atoms with van der Waals surface area (Å²) in [5.41, 5.74) is 1.27. The van der Waals surface area contributed by atoms with E-state index in [0.29, 0.717) is 12.2 Å². The third-order valence-electron chi connectivity index (χ3n) is 3.95. The lowest BCUT2D eigenvalue weighted by Gasteiger charge is -2.19. The molecule has 0 spiro atoms. The van der Waals surface area contributed by atoms with Gasteiger partial charge in [-0.1, -0.05) is 61.7 Å². The molecule has 0 aromatic heterocycles. The van der Waals surface area contributed by atoms with Gasteiger partial charge in [0.05, 0.1) is 6.10 Å². The Labute approximate surface area is 103 Å². The summed E-state index contributed by atoms with van der Waals surface area (Å²) in [4.78, 5) is 0. The Hall–Kier alpha value is -1.08. The van der Waals surface area contributed by atoms with E-state index in [0.717, 1.165) is 5.92 Å². The molecule has 17 heavy (non-hydrogen) atoms. The van der Waals surface area contributed by atoms with Crippen molar-refractivity contribution in [2.24, 2.45) is 5.92 Å². The molecule has 2 fully saturated rings. The second-order valence-electron chi connectivity index (χ2n) is 5.23. The Kier molecular flexibility index (Phi) is 3.28. The number of ether oxygens (including phenoxy) is 1. The Morgan fingerprint density at radius 3 is 2.53 bits per heavy atom. The van der Waals surface area contributed by atoms with Crippen LogP contribution in [0.3, 0.4) is 0 Å². The van der Waals surface area contributed by atoms with E-state index in [1.54, 1.807) is 0 Å². The van der Waals surface area contributed by atoms with Crippen molar-refractivity contribution in [1.82, 2.24) is 0 Å². The van der Waals surface area contributed by atoms with E-state index in [1.165, 1.54) is 37.7 Å². The number of hydrogen-bond donors (Lipinski definition) is 0. The Balaban J connectivity index is 1.53. The van der Waals surface area contributed by atoms with Gasteiger partial charge in [-0.2, -0.15) is 0 Å². The first-order valence-electron chi connectivity index (χ1n) is 6.82. The van der Waals surface area contributed by atoms with E-state index >= 15 is 0 Å². The monoisotopic (exact) mass is 228 g/mol. The molecule has 1 nitrogen and oxygen atoms in total. The maximum absolute atomic E-state index is 5.79. The molecule has 1 heterocycles. The van der Waals surface area contributed by atoms with E-state index in [-0.39, 0.29) is 0 Å². The molecule has 0 unspecified atom stereocenters. The zero-order valence-corrected chi connectivity index (χ0v) is 10.2. The lowest BCUT2D eigenvalue weighted by atomic mass is 9.86. The smallest absolute Gasteiger partial charge is 0.103 e. The molecule has 3 rings (SSSR count). The molecule has 0 bridgehead atoms. The topological polar surface area (TPSA) is 12.5 Å². The standard InChI is InChI=1S/C16H20O/c1-3-7-13(8-4-1)11-12-15-16(17-15)14-9-5-2-6-10-14/h1,3-4,7-8,11-12,14-16H,2,5-6,9-10H2/b12-11+/t15-,16-/m1/s1. The normalized spacial score (nSPS) is 29.6. The number of rotatable bonds is 3. The maximum atomic E-state index is 5.79. The summed E-state index contributed by atoms with van der Waals surface area (Å²) >= 11 is 0. The molecule has 0 radical (unpaired) electrons. The number of benzene rings is 1. The van der Waals surface area contributed by atoms with Gasteiger partial charge in [0, 0.05) is 0 Å². The van der Waals surface area contributed by atoms with Gasteiger partial charge in [-0.25, -0.2) is 0 Å². The van der Waals surface area contributed by atoms with Crippen molar-refractivity contribution < 1.29 is 4.74 Å². The summed E-state index contributed by atoms with van der Waals surface area (Å²) in [6, 6.07) is 10.5. The third-order valence-corrected chi connectivity index (χ3v) is 3.95. The molecule has 1 saturated heterocycles. The first-order chi connectivity index (χ1) is 8.43. The molecule has 2 atom stereocenters. The predicted octanol–water partition coefficient (Wildman–Crippen LogP) is 4.05.